The molecular formula is C25H23F2N5O3. The summed E-state index contributed by atoms with van der Waals surface area (Å²) in [5.41, 5.74) is 0.331. The van der Waals surface area contributed by atoms with Gasteiger partial charge < -0.3 is 14.4 Å². The van der Waals surface area contributed by atoms with Crippen molar-refractivity contribution in [1.82, 2.24) is 19.7 Å². The molecule has 35 heavy (non-hydrogen) atoms. The number of pyridine rings is 1. The van der Waals surface area contributed by atoms with E-state index in [0.29, 0.717) is 18.8 Å². The van der Waals surface area contributed by atoms with E-state index in [-0.39, 0.29) is 55.0 Å². The fourth-order valence-electron chi connectivity index (χ4n) is 4.70. The molecule has 0 radical (unpaired) electrons. The Bertz CT molecular complexity index is 1310. The zero-order valence-electron chi connectivity index (χ0n) is 19.1. The summed E-state index contributed by atoms with van der Waals surface area (Å²) < 4.78 is 41.7. The number of benzene rings is 1. The quantitative estimate of drug-likeness (QED) is 0.569. The Morgan fingerprint density at radius 2 is 2.06 bits per heavy atom. The number of alkyl halides is 1. The zero-order valence-corrected chi connectivity index (χ0v) is 19.1. The van der Waals surface area contributed by atoms with E-state index < -0.39 is 17.4 Å². The number of methoxy groups -OCH3 is 1. The second-order valence-electron chi connectivity index (χ2n) is 8.62. The predicted molar refractivity (Wildman–Crippen MR) is 120 cm³/mol. The maximum atomic E-state index is 16.1. The van der Waals surface area contributed by atoms with Crippen molar-refractivity contribution in [3.8, 4) is 17.6 Å². The van der Waals surface area contributed by atoms with Gasteiger partial charge in [0, 0.05) is 62.9 Å². The first-order valence-corrected chi connectivity index (χ1v) is 11.3. The first-order chi connectivity index (χ1) is 16.9. The third-order valence-corrected chi connectivity index (χ3v) is 6.55. The summed E-state index contributed by atoms with van der Waals surface area (Å²) in [5, 5.41) is 14.1. The lowest BCUT2D eigenvalue weighted by Crippen LogP contribution is -2.38. The van der Waals surface area contributed by atoms with Gasteiger partial charge in [0.1, 0.15) is 23.3 Å². The summed E-state index contributed by atoms with van der Waals surface area (Å²) in [4.78, 5) is 19.5. The highest BCUT2D eigenvalue weighted by molar-refractivity contribution is 5.99. The van der Waals surface area contributed by atoms with E-state index in [1.165, 1.54) is 31.4 Å². The maximum absolute atomic E-state index is 16.1. The van der Waals surface area contributed by atoms with Crippen LogP contribution in [0.1, 0.15) is 45.6 Å². The van der Waals surface area contributed by atoms with Crippen molar-refractivity contribution >= 4 is 5.91 Å². The van der Waals surface area contributed by atoms with E-state index >= 15 is 4.39 Å². The predicted octanol–water partition coefficient (Wildman–Crippen LogP) is 3.46. The van der Waals surface area contributed by atoms with Crippen molar-refractivity contribution in [2.24, 2.45) is 0 Å². The van der Waals surface area contributed by atoms with Crippen LogP contribution >= 0.6 is 0 Å². The standard InChI is InChI=1S/C25H23F2N5O3/c1-34-23-16(12-28)2-4-19(25(27)7-10-35-11-8-25)22(23)24(33)31-9-6-20-17(14-31)15-32(30-20)21-5-3-18(26)13-29-21/h2-5,13,15H,6-11,14H2,1H3. The topological polar surface area (TPSA) is 93.3 Å². The molecule has 2 aromatic heterocycles. The molecule has 1 fully saturated rings. The van der Waals surface area contributed by atoms with Gasteiger partial charge in [-0.25, -0.2) is 18.4 Å². The lowest BCUT2D eigenvalue weighted by molar-refractivity contribution is -0.0122. The van der Waals surface area contributed by atoms with Crippen molar-refractivity contribution in [3.63, 3.8) is 0 Å². The highest BCUT2D eigenvalue weighted by Gasteiger charge is 2.40. The summed E-state index contributed by atoms with van der Waals surface area (Å²) in [5.74, 6) is -0.309. The summed E-state index contributed by atoms with van der Waals surface area (Å²) in [7, 11) is 1.37. The highest BCUT2D eigenvalue weighted by atomic mass is 19.1. The monoisotopic (exact) mass is 479 g/mol. The van der Waals surface area contributed by atoms with Crippen LogP contribution in [0.25, 0.3) is 5.82 Å². The van der Waals surface area contributed by atoms with E-state index in [4.69, 9.17) is 9.47 Å². The van der Waals surface area contributed by atoms with E-state index in [0.717, 1.165) is 17.5 Å². The second-order valence-corrected chi connectivity index (χ2v) is 8.62. The van der Waals surface area contributed by atoms with Crippen LogP contribution in [0.2, 0.25) is 0 Å². The van der Waals surface area contributed by atoms with E-state index in [1.54, 1.807) is 15.8 Å². The molecule has 0 atom stereocenters. The van der Waals surface area contributed by atoms with Crippen LogP contribution in [-0.2, 0) is 23.4 Å². The normalized spacial score (nSPS) is 16.9. The largest absolute Gasteiger partial charge is 0.495 e. The second kappa shape index (κ2) is 9.07. The molecule has 10 heteroatoms. The van der Waals surface area contributed by atoms with Crippen LogP contribution in [0.5, 0.6) is 5.75 Å². The number of hydrogen-bond donors (Lipinski definition) is 0. The lowest BCUT2D eigenvalue weighted by Gasteiger charge is -2.34. The molecule has 0 unspecified atom stereocenters. The van der Waals surface area contributed by atoms with Crippen LogP contribution in [0.3, 0.4) is 0 Å². The average molecular weight is 479 g/mol. The number of carbonyl (C=O) groups is 1. The molecule has 1 saturated heterocycles. The first kappa shape index (κ1) is 22.9. The van der Waals surface area contributed by atoms with Crippen LogP contribution < -0.4 is 4.74 Å². The van der Waals surface area contributed by atoms with Gasteiger partial charge in [0.15, 0.2) is 5.82 Å². The molecule has 0 saturated carbocycles. The van der Waals surface area contributed by atoms with Crippen molar-refractivity contribution in [2.45, 2.75) is 31.5 Å². The number of aromatic nitrogens is 3. The van der Waals surface area contributed by atoms with Crippen molar-refractivity contribution < 1.29 is 23.0 Å². The minimum Gasteiger partial charge on any atom is -0.495 e. The molecule has 3 aromatic rings. The van der Waals surface area contributed by atoms with Gasteiger partial charge in [0.2, 0.25) is 0 Å². The van der Waals surface area contributed by atoms with Gasteiger partial charge in [0.05, 0.1) is 30.1 Å². The Hall–Kier alpha value is -3.84. The average Bonchev–Trinajstić information content (AvgIpc) is 3.31. The van der Waals surface area contributed by atoms with Gasteiger partial charge in [-0.05, 0) is 18.2 Å². The highest BCUT2D eigenvalue weighted by Crippen LogP contribution is 2.42. The SMILES string of the molecule is COc1c(C#N)ccc(C2(F)CCOCC2)c1C(=O)N1CCc2nn(-c3ccc(F)cn3)cc2C1. The number of nitrogens with zero attached hydrogens (tertiary/aromatic N) is 5. The number of rotatable bonds is 4. The molecule has 0 bridgehead atoms. The molecule has 2 aliphatic rings. The minimum absolute atomic E-state index is 0.0759. The van der Waals surface area contributed by atoms with Crippen LogP contribution in [0.4, 0.5) is 8.78 Å². The van der Waals surface area contributed by atoms with Gasteiger partial charge in [-0.15, -0.1) is 0 Å². The zero-order chi connectivity index (χ0) is 24.6. The van der Waals surface area contributed by atoms with Crippen molar-refractivity contribution in [3.05, 3.63) is 70.4 Å². The Kier molecular flexibility index (Phi) is 5.94. The molecule has 5 rings (SSSR count). The van der Waals surface area contributed by atoms with E-state index in [1.807, 2.05) is 6.07 Å². The Morgan fingerprint density at radius 1 is 1.26 bits per heavy atom. The summed E-state index contributed by atoms with van der Waals surface area (Å²) >= 11 is 0. The molecule has 0 N–H and O–H groups in total. The fraction of sp³-hybridized carbons (Fsp3) is 0.360. The number of nitriles is 1. The number of ether oxygens (including phenoxy) is 2. The number of amides is 1. The molecule has 4 heterocycles. The summed E-state index contributed by atoms with van der Waals surface area (Å²) in [6.07, 6.45) is 3.59. The minimum atomic E-state index is -1.76. The number of halogens is 2. The van der Waals surface area contributed by atoms with E-state index in [2.05, 4.69) is 10.1 Å². The molecule has 0 spiro atoms. The molecule has 1 aromatic carbocycles. The Labute approximate surface area is 200 Å². The van der Waals surface area contributed by atoms with Crippen LogP contribution in [0, 0.1) is 17.1 Å². The molecule has 180 valence electrons. The smallest absolute Gasteiger partial charge is 0.258 e. The van der Waals surface area contributed by atoms with Crippen molar-refractivity contribution in [2.75, 3.05) is 26.9 Å². The van der Waals surface area contributed by atoms with Crippen molar-refractivity contribution in [1.29, 1.82) is 5.26 Å². The van der Waals surface area contributed by atoms with Crippen LogP contribution in [0.15, 0.2) is 36.7 Å². The molecule has 0 aliphatic carbocycles. The molecule has 1 amide bonds. The number of carbonyl (C=O) groups excluding carboxylic acids is 1. The lowest BCUT2D eigenvalue weighted by atomic mass is 9.83. The third kappa shape index (κ3) is 4.12. The Balaban J connectivity index is 1.50. The number of fused-ring (bicyclic) bond motifs is 1. The van der Waals surface area contributed by atoms with Gasteiger partial charge in [-0.3, -0.25) is 4.79 Å². The first-order valence-electron chi connectivity index (χ1n) is 11.3. The fourth-order valence-corrected chi connectivity index (χ4v) is 4.70. The van der Waals surface area contributed by atoms with Gasteiger partial charge in [0.25, 0.3) is 5.91 Å². The van der Waals surface area contributed by atoms with Crippen LogP contribution in [-0.4, -0.2) is 52.4 Å². The summed E-state index contributed by atoms with van der Waals surface area (Å²) in [6.45, 7) is 1.10. The molecular weight excluding hydrogens is 456 g/mol. The van der Waals surface area contributed by atoms with Gasteiger partial charge in [-0.2, -0.15) is 10.4 Å². The van der Waals surface area contributed by atoms with Gasteiger partial charge >= 0.3 is 0 Å². The number of hydrogen-bond acceptors (Lipinski definition) is 6. The molecule has 8 nitrogen and oxygen atoms in total. The molecule has 2 aliphatic heterocycles. The summed E-state index contributed by atoms with van der Waals surface area (Å²) in [6, 6.07) is 7.88. The van der Waals surface area contributed by atoms with Gasteiger partial charge in [-0.1, -0.05) is 6.07 Å². The maximum Gasteiger partial charge on any atom is 0.258 e. The Morgan fingerprint density at radius 3 is 2.74 bits per heavy atom. The third-order valence-electron chi connectivity index (χ3n) is 6.55. The van der Waals surface area contributed by atoms with E-state index in [9.17, 15) is 14.4 Å².